The monoisotopic (exact) mass is 252 g/mol. The van der Waals surface area contributed by atoms with E-state index >= 15 is 0 Å². The molecule has 1 N–H and O–H groups in total. The first-order valence-electron chi connectivity index (χ1n) is 5.31. The topological polar surface area (TPSA) is 59.3 Å². The van der Waals surface area contributed by atoms with Crippen LogP contribution < -0.4 is 5.32 Å². The molecule has 0 saturated carbocycles. The molecule has 0 aliphatic rings. The molecule has 5 nitrogen and oxygen atoms in total. The number of fused-ring (bicyclic) bond motifs is 1. The van der Waals surface area contributed by atoms with Crippen molar-refractivity contribution >= 4 is 23.2 Å². The van der Waals surface area contributed by atoms with Crippen LogP contribution in [-0.2, 0) is 0 Å². The molecule has 0 aliphatic carbocycles. The molecule has 2 heterocycles. The second kappa shape index (κ2) is 4.33. The Kier molecular flexibility index (Phi) is 3.02. The van der Waals surface area contributed by atoms with Crippen molar-refractivity contribution in [3.8, 4) is 0 Å². The minimum Gasteiger partial charge on any atom is -0.355 e. The van der Waals surface area contributed by atoms with Crippen molar-refractivity contribution in [1.82, 2.24) is 19.9 Å². The maximum Gasteiger partial charge on any atom is 0.256 e. The Labute approximate surface area is 104 Å². The fourth-order valence-electron chi connectivity index (χ4n) is 1.66. The molecule has 90 valence electrons. The number of nitrogens with zero attached hydrogens (tertiary/aromatic N) is 3. The predicted molar refractivity (Wildman–Crippen MR) is 65.5 cm³/mol. The molecular weight excluding hydrogens is 240 g/mol. The molecule has 0 spiro atoms. The van der Waals surface area contributed by atoms with E-state index < -0.39 is 0 Å². The Balaban J connectivity index is 2.73. The number of amides is 1. The quantitative estimate of drug-likeness (QED) is 0.830. The Morgan fingerprint density at radius 3 is 2.82 bits per heavy atom. The lowest BCUT2D eigenvalue weighted by Crippen LogP contribution is -2.18. The van der Waals surface area contributed by atoms with Crippen LogP contribution in [0.4, 0.5) is 0 Å². The summed E-state index contributed by atoms with van der Waals surface area (Å²) in [7, 11) is 1.57. The van der Waals surface area contributed by atoms with Gasteiger partial charge >= 0.3 is 0 Å². The summed E-state index contributed by atoms with van der Waals surface area (Å²) < 4.78 is 1.65. The Morgan fingerprint density at radius 1 is 1.53 bits per heavy atom. The molecule has 0 aliphatic heterocycles. The van der Waals surface area contributed by atoms with E-state index in [1.54, 1.807) is 17.6 Å². The zero-order valence-electron chi connectivity index (χ0n) is 9.86. The highest BCUT2D eigenvalue weighted by molar-refractivity contribution is 6.29. The van der Waals surface area contributed by atoms with Gasteiger partial charge in [-0.05, 0) is 12.0 Å². The van der Waals surface area contributed by atoms with Crippen LogP contribution in [0.15, 0.2) is 12.3 Å². The zero-order valence-corrected chi connectivity index (χ0v) is 10.6. The lowest BCUT2D eigenvalue weighted by Gasteiger charge is -2.08. The van der Waals surface area contributed by atoms with Crippen molar-refractivity contribution in [2.24, 2.45) is 0 Å². The number of halogens is 1. The molecule has 0 atom stereocenters. The van der Waals surface area contributed by atoms with E-state index in [1.807, 2.05) is 13.8 Å². The summed E-state index contributed by atoms with van der Waals surface area (Å²) in [6.45, 7) is 4.07. The van der Waals surface area contributed by atoms with Gasteiger partial charge in [0.05, 0.1) is 11.9 Å². The Hall–Kier alpha value is -1.62. The first kappa shape index (κ1) is 11.9. The number of hydrogen-bond acceptors (Lipinski definition) is 3. The SMILES string of the molecule is CNC(=O)c1cnn2c(C(C)C)cc(Cl)nc12. The van der Waals surface area contributed by atoms with Crippen LogP contribution in [0.25, 0.3) is 5.65 Å². The summed E-state index contributed by atoms with van der Waals surface area (Å²) >= 11 is 5.96. The van der Waals surface area contributed by atoms with Crippen LogP contribution in [0.3, 0.4) is 0 Å². The fraction of sp³-hybridized carbons (Fsp3) is 0.364. The molecule has 0 aromatic carbocycles. The summed E-state index contributed by atoms with van der Waals surface area (Å²) in [4.78, 5) is 15.8. The maximum atomic E-state index is 11.6. The van der Waals surface area contributed by atoms with Gasteiger partial charge in [0.2, 0.25) is 0 Å². The number of aromatic nitrogens is 3. The molecule has 2 aromatic heterocycles. The first-order chi connectivity index (χ1) is 8.04. The van der Waals surface area contributed by atoms with E-state index in [-0.39, 0.29) is 11.8 Å². The molecular formula is C11H13ClN4O. The van der Waals surface area contributed by atoms with Gasteiger partial charge in [0.15, 0.2) is 5.65 Å². The molecule has 0 bridgehead atoms. The molecule has 2 aromatic rings. The number of rotatable bonds is 2. The van der Waals surface area contributed by atoms with Gasteiger partial charge in [0, 0.05) is 7.05 Å². The van der Waals surface area contributed by atoms with E-state index in [2.05, 4.69) is 15.4 Å². The maximum absolute atomic E-state index is 11.6. The largest absolute Gasteiger partial charge is 0.355 e. The van der Waals surface area contributed by atoms with Crippen molar-refractivity contribution in [2.45, 2.75) is 19.8 Å². The summed E-state index contributed by atoms with van der Waals surface area (Å²) in [6, 6.07) is 1.76. The third kappa shape index (κ3) is 1.98. The van der Waals surface area contributed by atoms with Gasteiger partial charge in [-0.15, -0.1) is 0 Å². The number of nitrogens with one attached hydrogen (secondary N) is 1. The van der Waals surface area contributed by atoms with Crippen LogP contribution >= 0.6 is 11.6 Å². The average molecular weight is 253 g/mol. The average Bonchev–Trinajstić information content (AvgIpc) is 2.70. The second-order valence-corrected chi connectivity index (χ2v) is 4.42. The molecule has 1 amide bonds. The van der Waals surface area contributed by atoms with Crippen LogP contribution in [-0.4, -0.2) is 27.6 Å². The van der Waals surface area contributed by atoms with Gasteiger partial charge in [-0.25, -0.2) is 9.50 Å². The lowest BCUT2D eigenvalue weighted by molar-refractivity contribution is 0.0964. The van der Waals surface area contributed by atoms with E-state index in [0.717, 1.165) is 5.69 Å². The highest BCUT2D eigenvalue weighted by Crippen LogP contribution is 2.21. The lowest BCUT2D eigenvalue weighted by atomic mass is 10.1. The van der Waals surface area contributed by atoms with Gasteiger partial charge in [-0.3, -0.25) is 4.79 Å². The van der Waals surface area contributed by atoms with Crippen LogP contribution in [0.2, 0.25) is 5.15 Å². The fourth-order valence-corrected chi connectivity index (χ4v) is 1.85. The summed E-state index contributed by atoms with van der Waals surface area (Å²) in [5.74, 6) is 0.0277. The second-order valence-electron chi connectivity index (χ2n) is 4.03. The summed E-state index contributed by atoms with van der Waals surface area (Å²) in [5, 5.41) is 7.10. The summed E-state index contributed by atoms with van der Waals surface area (Å²) in [5.41, 5.74) is 1.84. The minimum atomic E-state index is -0.218. The van der Waals surface area contributed by atoms with E-state index in [4.69, 9.17) is 11.6 Å². The molecule has 0 radical (unpaired) electrons. The van der Waals surface area contributed by atoms with Gasteiger partial charge in [-0.2, -0.15) is 5.10 Å². The third-order valence-corrected chi connectivity index (χ3v) is 2.72. The van der Waals surface area contributed by atoms with E-state index in [0.29, 0.717) is 16.4 Å². The normalized spacial score (nSPS) is 11.1. The van der Waals surface area contributed by atoms with Crippen molar-refractivity contribution in [2.75, 3.05) is 7.05 Å². The van der Waals surface area contributed by atoms with E-state index in [1.165, 1.54) is 6.20 Å². The highest BCUT2D eigenvalue weighted by Gasteiger charge is 2.16. The van der Waals surface area contributed by atoms with E-state index in [9.17, 15) is 4.79 Å². The smallest absolute Gasteiger partial charge is 0.256 e. The molecule has 0 unspecified atom stereocenters. The molecule has 0 saturated heterocycles. The molecule has 17 heavy (non-hydrogen) atoms. The summed E-state index contributed by atoms with van der Waals surface area (Å²) in [6.07, 6.45) is 1.50. The van der Waals surface area contributed by atoms with Crippen molar-refractivity contribution in [3.05, 3.63) is 28.7 Å². The van der Waals surface area contributed by atoms with Crippen molar-refractivity contribution in [3.63, 3.8) is 0 Å². The van der Waals surface area contributed by atoms with Crippen LogP contribution in [0, 0.1) is 0 Å². The zero-order chi connectivity index (χ0) is 12.6. The first-order valence-corrected chi connectivity index (χ1v) is 5.68. The van der Waals surface area contributed by atoms with Crippen LogP contribution in [0.1, 0.15) is 35.8 Å². The van der Waals surface area contributed by atoms with Gasteiger partial charge < -0.3 is 5.32 Å². The van der Waals surface area contributed by atoms with Crippen molar-refractivity contribution in [1.29, 1.82) is 0 Å². The number of carbonyl (C=O) groups excluding carboxylic acids is 1. The predicted octanol–water partition coefficient (Wildman–Crippen LogP) is 1.87. The molecule has 6 heteroatoms. The number of hydrogen-bond donors (Lipinski definition) is 1. The standard InChI is InChI=1S/C11H13ClN4O/c1-6(2)8-4-9(12)15-10-7(11(17)13-3)5-14-16(8)10/h4-6H,1-3H3,(H,13,17). The van der Waals surface area contributed by atoms with Crippen molar-refractivity contribution < 1.29 is 4.79 Å². The Morgan fingerprint density at radius 2 is 2.24 bits per heavy atom. The minimum absolute atomic E-state index is 0.218. The van der Waals surface area contributed by atoms with Crippen LogP contribution in [0.5, 0.6) is 0 Å². The van der Waals surface area contributed by atoms with Gasteiger partial charge in [0.25, 0.3) is 5.91 Å². The van der Waals surface area contributed by atoms with Gasteiger partial charge in [0.1, 0.15) is 10.7 Å². The highest BCUT2D eigenvalue weighted by atomic mass is 35.5. The van der Waals surface area contributed by atoms with Gasteiger partial charge in [-0.1, -0.05) is 25.4 Å². The molecule has 2 rings (SSSR count). The number of carbonyl (C=O) groups is 1. The Bertz CT molecular complexity index is 576. The third-order valence-electron chi connectivity index (χ3n) is 2.53. The molecule has 0 fully saturated rings.